The Kier molecular flexibility index (Phi) is 6.52. The highest BCUT2D eigenvalue weighted by Crippen LogP contribution is 2.66. The number of nitrogens with zero attached hydrogens (tertiary/aromatic N) is 1. The molecule has 0 aromatic heterocycles. The fourth-order valence-electron chi connectivity index (χ4n) is 2.01. The van der Waals surface area contributed by atoms with Crippen LogP contribution in [-0.2, 0) is 4.74 Å². The van der Waals surface area contributed by atoms with Gasteiger partial charge in [-0.1, -0.05) is 0 Å². The minimum Gasteiger partial charge on any atom is -0.310 e. The van der Waals surface area contributed by atoms with Gasteiger partial charge in [-0.3, -0.25) is 0 Å². The molecule has 1 rings (SSSR count). The predicted octanol–water partition coefficient (Wildman–Crippen LogP) is 5.83. The molecular weight excluding hydrogens is 523 g/mol. The second kappa shape index (κ2) is 7.29. The first-order chi connectivity index (χ1) is 13.7. The molecule has 192 valence electrons. The van der Waals surface area contributed by atoms with Crippen LogP contribution in [0.2, 0.25) is 0 Å². The van der Waals surface area contributed by atoms with E-state index in [9.17, 15) is 83.4 Å². The number of alkyl halides is 19. The Balaban J connectivity index is 3.72. The third-order valence-electron chi connectivity index (χ3n) is 3.82. The molecule has 0 bridgehead atoms. The molecule has 0 aromatic rings. The minimum absolute atomic E-state index is 2.33. The van der Waals surface area contributed by atoms with Crippen LogP contribution in [0, 0.1) is 0 Å². The Hall–Kier alpha value is -1.41. The molecule has 2 nitrogen and oxygen atoms in total. The zero-order chi connectivity index (χ0) is 26.1. The molecule has 0 spiro atoms. The summed E-state index contributed by atoms with van der Waals surface area (Å²) in [5.74, 6) is -38.4. The molecule has 0 aromatic carbocycles. The molecular formula is C11H4F19NO. The largest absolute Gasteiger partial charge is 0.401 e. The third kappa shape index (κ3) is 3.52. The van der Waals surface area contributed by atoms with Gasteiger partial charge < -0.3 is 4.74 Å². The van der Waals surface area contributed by atoms with Crippen LogP contribution in [0.4, 0.5) is 83.4 Å². The van der Waals surface area contributed by atoms with E-state index in [1.165, 1.54) is 0 Å². The molecule has 0 radical (unpaired) electrons. The highest BCUT2D eigenvalue weighted by atomic mass is 19.4. The Morgan fingerprint density at radius 2 is 0.906 bits per heavy atom. The van der Waals surface area contributed by atoms with Gasteiger partial charge in [0.15, 0.2) is 0 Å². The lowest BCUT2D eigenvalue weighted by molar-refractivity contribution is -0.441. The van der Waals surface area contributed by atoms with Crippen molar-refractivity contribution in [3.8, 4) is 0 Å². The summed E-state index contributed by atoms with van der Waals surface area (Å²) in [4.78, 5) is -4.13. The molecule has 21 heteroatoms. The molecule has 0 amide bonds. The van der Waals surface area contributed by atoms with Gasteiger partial charge in [-0.05, 0) is 0 Å². The maximum atomic E-state index is 13.7. The summed E-state index contributed by atoms with van der Waals surface area (Å²) in [5, 5.41) is 0. The van der Waals surface area contributed by atoms with Crippen LogP contribution in [0.25, 0.3) is 0 Å². The monoisotopic (exact) mass is 527 g/mol. The van der Waals surface area contributed by atoms with Crippen LogP contribution in [0.15, 0.2) is 0 Å². The highest BCUT2D eigenvalue weighted by Gasteiger charge is 2.97. The van der Waals surface area contributed by atoms with Crippen molar-refractivity contribution in [1.82, 2.24) is 4.90 Å². The summed E-state index contributed by atoms with van der Waals surface area (Å²) in [5.41, 5.74) is 0. The number of hydrogen-bond acceptors (Lipinski definition) is 2. The molecule has 1 heterocycles. The van der Waals surface area contributed by atoms with Gasteiger partial charge in [0, 0.05) is 0 Å². The Labute approximate surface area is 161 Å². The number of rotatable bonds is 6. The zero-order valence-corrected chi connectivity index (χ0v) is 13.9. The number of halogens is 19. The quantitative estimate of drug-likeness (QED) is 0.319. The predicted molar refractivity (Wildman–Crippen MR) is 58.3 cm³/mol. The zero-order valence-electron chi connectivity index (χ0n) is 13.9. The van der Waals surface area contributed by atoms with Crippen LogP contribution in [0.5, 0.6) is 0 Å². The van der Waals surface area contributed by atoms with E-state index in [0.717, 1.165) is 0 Å². The average molecular weight is 527 g/mol. The molecule has 1 unspecified atom stereocenters. The van der Waals surface area contributed by atoms with Gasteiger partial charge in [-0.15, -0.1) is 4.90 Å². The fraction of sp³-hybridized carbons (Fsp3) is 1.00. The minimum atomic E-state index is -8.16. The topological polar surface area (TPSA) is 12.5 Å². The van der Waals surface area contributed by atoms with Gasteiger partial charge in [-0.25, -0.2) is 13.2 Å². The average Bonchev–Trinajstić information content (AvgIpc) is 2.58. The van der Waals surface area contributed by atoms with Crippen molar-refractivity contribution < 1.29 is 88.2 Å². The van der Waals surface area contributed by atoms with Crippen molar-refractivity contribution in [3.05, 3.63) is 0 Å². The smallest absolute Gasteiger partial charge is 0.310 e. The van der Waals surface area contributed by atoms with E-state index in [0.29, 0.717) is 0 Å². The number of ether oxygens (including phenoxy) is 1. The Morgan fingerprint density at radius 1 is 0.594 bits per heavy atom. The summed E-state index contributed by atoms with van der Waals surface area (Å²) in [7, 11) is 0. The van der Waals surface area contributed by atoms with Crippen molar-refractivity contribution in [1.29, 1.82) is 0 Å². The van der Waals surface area contributed by atoms with E-state index >= 15 is 0 Å². The maximum Gasteiger partial charge on any atom is 0.401 e. The van der Waals surface area contributed by atoms with Gasteiger partial charge in [0.05, 0.1) is 0 Å². The third-order valence-corrected chi connectivity index (χ3v) is 3.82. The van der Waals surface area contributed by atoms with E-state index < -0.39 is 72.0 Å². The van der Waals surface area contributed by atoms with E-state index in [-0.39, 0.29) is 0 Å². The number of hydrogen-bond donors (Lipinski definition) is 0. The first kappa shape index (κ1) is 28.6. The van der Waals surface area contributed by atoms with Crippen molar-refractivity contribution in [2.45, 2.75) is 60.5 Å². The molecule has 0 aliphatic carbocycles. The van der Waals surface area contributed by atoms with Crippen molar-refractivity contribution in [2.24, 2.45) is 0 Å². The normalized spacial score (nSPS) is 27.8. The van der Waals surface area contributed by atoms with Gasteiger partial charge in [0.25, 0.3) is 6.30 Å². The van der Waals surface area contributed by atoms with E-state index in [1.54, 1.807) is 0 Å². The maximum absolute atomic E-state index is 13.7. The fourth-order valence-corrected chi connectivity index (χ4v) is 2.01. The first-order valence-corrected chi connectivity index (χ1v) is 7.06. The van der Waals surface area contributed by atoms with Gasteiger partial charge in [-0.2, -0.15) is 70.2 Å². The first-order valence-electron chi connectivity index (χ1n) is 7.06. The van der Waals surface area contributed by atoms with E-state index in [4.69, 9.17) is 0 Å². The second-order valence-electron chi connectivity index (χ2n) is 6.00. The molecule has 0 saturated carbocycles. The summed E-state index contributed by atoms with van der Waals surface area (Å²) < 4.78 is 252. The molecule has 0 N–H and O–H groups in total. The van der Waals surface area contributed by atoms with E-state index in [2.05, 4.69) is 4.74 Å². The van der Waals surface area contributed by atoms with Crippen LogP contribution in [-0.4, -0.2) is 72.0 Å². The van der Waals surface area contributed by atoms with Crippen LogP contribution < -0.4 is 0 Å². The van der Waals surface area contributed by atoms with Crippen molar-refractivity contribution >= 4 is 0 Å². The summed E-state index contributed by atoms with van der Waals surface area (Å²) in [6, 6.07) is -16.1. The standard InChI is InChI=1S/C11H4F19NO/c12-2(13)4(15,16)1-32-5(17,18)3(14)31-10(27,28)8(23,24)6(19,20)7(21,22)9(25,26)11(31,29)30/h2-3H,1H2. The molecule has 32 heavy (non-hydrogen) atoms. The van der Waals surface area contributed by atoms with Crippen molar-refractivity contribution in [3.63, 3.8) is 0 Å². The SMILES string of the molecule is FC(F)C(F)(F)COC(F)(F)C(F)N1C(F)(F)C(F)(F)C(F)(F)C(F)(F)C(F)(F)C1(F)F. The molecule has 1 atom stereocenters. The Morgan fingerprint density at radius 3 is 1.19 bits per heavy atom. The Bertz CT molecular complexity index is 663. The molecule has 1 fully saturated rings. The number of likely N-dealkylation sites (tertiary alicyclic amines) is 1. The van der Waals surface area contributed by atoms with Gasteiger partial charge >= 0.3 is 54.2 Å². The van der Waals surface area contributed by atoms with Crippen LogP contribution in [0.3, 0.4) is 0 Å². The van der Waals surface area contributed by atoms with Gasteiger partial charge in [0.2, 0.25) is 0 Å². The lowest BCUT2D eigenvalue weighted by atomic mass is 9.99. The summed E-state index contributed by atoms with van der Waals surface area (Å²) in [6.45, 7) is -3.46. The van der Waals surface area contributed by atoms with Crippen LogP contribution >= 0.6 is 0 Å². The van der Waals surface area contributed by atoms with Crippen LogP contribution in [0.1, 0.15) is 0 Å². The molecule has 1 aliphatic rings. The second-order valence-corrected chi connectivity index (χ2v) is 6.00. The molecule has 1 aliphatic heterocycles. The molecule has 1 saturated heterocycles. The lowest BCUT2D eigenvalue weighted by Crippen LogP contribution is -2.70. The lowest BCUT2D eigenvalue weighted by Gasteiger charge is -2.41. The highest BCUT2D eigenvalue weighted by molar-refractivity contribution is 5.16. The van der Waals surface area contributed by atoms with E-state index in [1.807, 2.05) is 0 Å². The summed E-state index contributed by atoms with van der Waals surface area (Å²) >= 11 is 0. The summed E-state index contributed by atoms with van der Waals surface area (Å²) in [6.07, 6.45) is -18.1. The van der Waals surface area contributed by atoms with Crippen molar-refractivity contribution in [2.75, 3.05) is 6.61 Å². The van der Waals surface area contributed by atoms with Gasteiger partial charge in [0.1, 0.15) is 6.61 Å².